The monoisotopic (exact) mass is 401 g/mol. The molecular formula is C20H19NO6S. The molecule has 3 rings (SSSR count). The van der Waals surface area contributed by atoms with E-state index in [1.165, 1.54) is 12.2 Å². The predicted molar refractivity (Wildman–Crippen MR) is 104 cm³/mol. The minimum atomic E-state index is -3.67. The molecule has 3 aromatic rings. The highest BCUT2D eigenvalue weighted by Gasteiger charge is 2.15. The number of aromatic nitrogens is 1. The summed E-state index contributed by atoms with van der Waals surface area (Å²) in [7, 11) is -3.67. The number of hydrogen-bond donors (Lipinski definition) is 1. The first-order chi connectivity index (χ1) is 13.3. The normalized spacial score (nSPS) is 11.9. The Morgan fingerprint density at radius 3 is 2.61 bits per heavy atom. The van der Waals surface area contributed by atoms with E-state index in [9.17, 15) is 13.2 Å². The fourth-order valence-electron chi connectivity index (χ4n) is 2.60. The number of aryl methyl sites for hydroxylation is 1. The number of nitrogens with zero attached hydrogens (tertiary/aromatic N) is 1. The second kappa shape index (κ2) is 8.26. The SMILES string of the molecule is Cc1oc(-c2ccccc2)nc1Cc1ccc(/C=C/CS(=O)(=O)CC(=O)O)o1. The van der Waals surface area contributed by atoms with Gasteiger partial charge in [0.25, 0.3) is 0 Å². The number of benzene rings is 1. The van der Waals surface area contributed by atoms with Crippen LogP contribution in [-0.2, 0) is 21.1 Å². The number of carboxylic acid groups (broad SMARTS) is 1. The number of sulfone groups is 1. The Hall–Kier alpha value is -3.13. The van der Waals surface area contributed by atoms with Crippen LogP contribution in [0.15, 0.2) is 57.4 Å². The zero-order chi connectivity index (χ0) is 20.1. The summed E-state index contributed by atoms with van der Waals surface area (Å²) in [4.78, 5) is 15.0. The molecule has 0 fully saturated rings. The van der Waals surface area contributed by atoms with Crippen molar-refractivity contribution in [2.75, 3.05) is 11.5 Å². The number of furan rings is 1. The van der Waals surface area contributed by atoms with Crippen molar-refractivity contribution in [1.29, 1.82) is 0 Å². The third-order valence-corrected chi connectivity index (χ3v) is 5.30. The van der Waals surface area contributed by atoms with Gasteiger partial charge in [0.05, 0.1) is 17.9 Å². The maximum absolute atomic E-state index is 11.6. The fraction of sp³-hybridized carbons (Fsp3) is 0.200. The summed E-state index contributed by atoms with van der Waals surface area (Å²) in [5.74, 6) is -0.246. The lowest BCUT2D eigenvalue weighted by Crippen LogP contribution is -2.17. The molecule has 2 aromatic heterocycles. The van der Waals surface area contributed by atoms with Crippen LogP contribution in [0.3, 0.4) is 0 Å². The van der Waals surface area contributed by atoms with Crippen molar-refractivity contribution in [3.8, 4) is 11.5 Å². The van der Waals surface area contributed by atoms with Crippen LogP contribution < -0.4 is 0 Å². The molecular weight excluding hydrogens is 382 g/mol. The molecule has 1 aromatic carbocycles. The molecule has 1 N–H and O–H groups in total. The van der Waals surface area contributed by atoms with Gasteiger partial charge in [-0.2, -0.15) is 0 Å². The molecule has 146 valence electrons. The van der Waals surface area contributed by atoms with Crippen LogP contribution in [-0.4, -0.2) is 36.0 Å². The lowest BCUT2D eigenvalue weighted by molar-refractivity contribution is -0.134. The van der Waals surface area contributed by atoms with E-state index in [-0.39, 0.29) is 5.75 Å². The Bertz CT molecular complexity index is 1090. The molecule has 28 heavy (non-hydrogen) atoms. The Labute approximate surface area is 162 Å². The number of carboxylic acids is 1. The van der Waals surface area contributed by atoms with Gasteiger partial charge in [-0.3, -0.25) is 4.79 Å². The second-order valence-corrected chi connectivity index (χ2v) is 8.33. The number of oxazole rings is 1. The van der Waals surface area contributed by atoms with E-state index in [1.807, 2.05) is 37.3 Å². The summed E-state index contributed by atoms with van der Waals surface area (Å²) in [6.45, 7) is 1.84. The first-order valence-corrected chi connectivity index (χ1v) is 10.3. The van der Waals surface area contributed by atoms with Gasteiger partial charge in [-0.25, -0.2) is 13.4 Å². The van der Waals surface area contributed by atoms with Crippen molar-refractivity contribution in [1.82, 2.24) is 4.98 Å². The highest BCUT2D eigenvalue weighted by molar-refractivity contribution is 7.92. The Morgan fingerprint density at radius 2 is 1.89 bits per heavy atom. The second-order valence-electron chi connectivity index (χ2n) is 6.22. The summed E-state index contributed by atoms with van der Waals surface area (Å²) in [6.07, 6.45) is 3.32. The average Bonchev–Trinajstić information content (AvgIpc) is 3.22. The number of aliphatic carboxylic acids is 1. The van der Waals surface area contributed by atoms with Gasteiger partial charge in [0.2, 0.25) is 5.89 Å². The Kier molecular flexibility index (Phi) is 5.79. The van der Waals surface area contributed by atoms with Crippen molar-refractivity contribution in [2.45, 2.75) is 13.3 Å². The predicted octanol–water partition coefficient (Wildman–Crippen LogP) is 3.35. The summed E-state index contributed by atoms with van der Waals surface area (Å²) in [6, 6.07) is 13.1. The van der Waals surface area contributed by atoms with Crippen LogP contribution in [0.5, 0.6) is 0 Å². The van der Waals surface area contributed by atoms with E-state index in [0.717, 1.165) is 11.3 Å². The molecule has 0 bridgehead atoms. The smallest absolute Gasteiger partial charge is 0.318 e. The van der Waals surface area contributed by atoms with Crippen LogP contribution in [0.25, 0.3) is 17.5 Å². The van der Waals surface area contributed by atoms with Gasteiger partial charge in [0, 0.05) is 5.56 Å². The molecule has 8 heteroatoms. The van der Waals surface area contributed by atoms with Gasteiger partial charge in [-0.15, -0.1) is 0 Å². The van der Waals surface area contributed by atoms with Crippen molar-refractivity contribution < 1.29 is 27.2 Å². The first kappa shape index (κ1) is 19.6. The molecule has 7 nitrogen and oxygen atoms in total. The van der Waals surface area contributed by atoms with Crippen LogP contribution in [0.1, 0.15) is 23.0 Å². The largest absolute Gasteiger partial charge is 0.480 e. The Balaban J connectivity index is 1.66. The highest BCUT2D eigenvalue weighted by atomic mass is 32.2. The lowest BCUT2D eigenvalue weighted by Gasteiger charge is -1.95. The molecule has 0 aliphatic carbocycles. The maximum atomic E-state index is 11.6. The topological polar surface area (TPSA) is 111 Å². The zero-order valence-electron chi connectivity index (χ0n) is 15.2. The molecule has 2 heterocycles. The molecule has 0 amide bonds. The van der Waals surface area contributed by atoms with Crippen LogP contribution in [0.2, 0.25) is 0 Å². The summed E-state index contributed by atoms with van der Waals surface area (Å²) in [5.41, 5.74) is 1.65. The molecule has 0 aliphatic heterocycles. The standard InChI is InChI=1S/C20H19NO6S/c1-14-18(21-20(26-14)15-6-3-2-4-7-15)12-17-10-9-16(27-17)8-5-11-28(24,25)13-19(22)23/h2-10H,11-13H2,1H3,(H,22,23)/b8-5+. The van der Waals surface area contributed by atoms with Crippen molar-refractivity contribution in [3.05, 3.63) is 71.5 Å². The van der Waals surface area contributed by atoms with Crippen molar-refractivity contribution in [3.63, 3.8) is 0 Å². The van der Waals surface area contributed by atoms with Crippen LogP contribution >= 0.6 is 0 Å². The van der Waals surface area contributed by atoms with E-state index in [0.29, 0.717) is 29.6 Å². The third-order valence-electron chi connectivity index (χ3n) is 3.91. The molecule has 0 spiro atoms. The molecule has 0 atom stereocenters. The maximum Gasteiger partial charge on any atom is 0.318 e. The minimum absolute atomic E-state index is 0.363. The Morgan fingerprint density at radius 1 is 1.14 bits per heavy atom. The molecule has 0 radical (unpaired) electrons. The summed E-state index contributed by atoms with van der Waals surface area (Å²) in [5, 5.41) is 8.57. The minimum Gasteiger partial charge on any atom is -0.480 e. The van der Waals surface area contributed by atoms with E-state index in [4.69, 9.17) is 13.9 Å². The fourth-order valence-corrected chi connectivity index (χ4v) is 3.48. The number of carbonyl (C=O) groups is 1. The van der Waals surface area contributed by atoms with E-state index < -0.39 is 21.6 Å². The third kappa shape index (κ3) is 5.20. The quantitative estimate of drug-likeness (QED) is 0.616. The number of rotatable bonds is 8. The first-order valence-electron chi connectivity index (χ1n) is 8.51. The summed E-state index contributed by atoms with van der Waals surface area (Å²) < 4.78 is 34.5. The van der Waals surface area contributed by atoms with Crippen LogP contribution in [0, 0.1) is 6.92 Å². The van der Waals surface area contributed by atoms with E-state index in [2.05, 4.69) is 4.98 Å². The van der Waals surface area contributed by atoms with Gasteiger partial charge in [0.15, 0.2) is 9.84 Å². The highest BCUT2D eigenvalue weighted by Crippen LogP contribution is 2.23. The van der Waals surface area contributed by atoms with Gasteiger partial charge in [0.1, 0.15) is 23.0 Å². The van der Waals surface area contributed by atoms with E-state index in [1.54, 1.807) is 12.1 Å². The molecule has 0 unspecified atom stereocenters. The molecule has 0 saturated heterocycles. The lowest BCUT2D eigenvalue weighted by atomic mass is 10.2. The number of hydrogen-bond acceptors (Lipinski definition) is 6. The van der Waals surface area contributed by atoms with Gasteiger partial charge < -0.3 is 13.9 Å². The summed E-state index contributed by atoms with van der Waals surface area (Å²) >= 11 is 0. The van der Waals surface area contributed by atoms with Crippen LogP contribution in [0.4, 0.5) is 0 Å². The molecule has 0 saturated carbocycles. The van der Waals surface area contributed by atoms with Gasteiger partial charge >= 0.3 is 5.97 Å². The molecule has 0 aliphatic rings. The van der Waals surface area contributed by atoms with Gasteiger partial charge in [-0.1, -0.05) is 24.3 Å². The zero-order valence-corrected chi connectivity index (χ0v) is 16.0. The van der Waals surface area contributed by atoms with Crippen molar-refractivity contribution in [2.24, 2.45) is 0 Å². The van der Waals surface area contributed by atoms with E-state index >= 15 is 0 Å². The van der Waals surface area contributed by atoms with Crippen molar-refractivity contribution >= 4 is 21.9 Å². The average molecular weight is 401 g/mol. The van der Waals surface area contributed by atoms with Gasteiger partial charge in [-0.05, 0) is 37.3 Å².